The molecule has 0 aliphatic heterocycles. The molecule has 0 aliphatic carbocycles. The Balaban J connectivity index is 1.02. The number of alkyl halides is 4. The molecule has 0 atom stereocenters. The molecule has 2 amide bonds. The predicted octanol–water partition coefficient (Wildman–Crippen LogP) is 7.36. The molecular formula is C44H36F4N10O6. The third-order valence-corrected chi connectivity index (χ3v) is 9.48. The van der Waals surface area contributed by atoms with Crippen molar-refractivity contribution in [3.8, 4) is 17.4 Å². The third kappa shape index (κ3) is 9.96. The summed E-state index contributed by atoms with van der Waals surface area (Å²) in [5, 5.41) is 5.38. The fraction of sp³-hybridized carbons (Fsp3) is 0.182. The van der Waals surface area contributed by atoms with Gasteiger partial charge in [0.25, 0.3) is 30.2 Å². The number of amides is 2. The number of hydrogen-bond donors (Lipinski definition) is 2. The summed E-state index contributed by atoms with van der Waals surface area (Å²) in [6, 6.07) is 19.3. The van der Waals surface area contributed by atoms with Gasteiger partial charge in [-0.3, -0.25) is 14.4 Å². The lowest BCUT2D eigenvalue weighted by Gasteiger charge is -2.15. The molecule has 0 bridgehead atoms. The van der Waals surface area contributed by atoms with E-state index in [0.717, 1.165) is 12.1 Å². The summed E-state index contributed by atoms with van der Waals surface area (Å²) in [5.41, 5.74) is 0.501. The minimum atomic E-state index is -3.03. The van der Waals surface area contributed by atoms with E-state index in [2.05, 4.69) is 35.6 Å². The molecule has 16 nitrogen and oxygen atoms in total. The van der Waals surface area contributed by atoms with Crippen LogP contribution in [-0.2, 0) is 19.6 Å². The second kappa shape index (κ2) is 18.8. The molecule has 64 heavy (non-hydrogen) atoms. The Bertz CT molecular complexity index is 3030. The number of carbonyl (C=O) groups excluding carboxylic acids is 2. The van der Waals surface area contributed by atoms with Crippen LogP contribution < -0.4 is 30.4 Å². The lowest BCUT2D eigenvalue weighted by atomic mass is 10.1. The van der Waals surface area contributed by atoms with E-state index in [1.807, 2.05) is 0 Å². The molecule has 0 aromatic carbocycles. The number of aromatic nitrogens is 8. The number of fused-ring (bicyclic) bond motifs is 2. The lowest BCUT2D eigenvalue weighted by molar-refractivity contribution is 0.101. The molecule has 0 radical (unpaired) electrons. The number of carbonyl (C=O) groups is 2. The van der Waals surface area contributed by atoms with Gasteiger partial charge in [0.15, 0.2) is 0 Å². The van der Waals surface area contributed by atoms with E-state index < -0.39 is 36.1 Å². The maximum Gasteiger partial charge on any atom is 0.280 e. The van der Waals surface area contributed by atoms with Crippen LogP contribution in [0.4, 0.5) is 28.9 Å². The first-order valence-electron chi connectivity index (χ1n) is 19.6. The Hall–Kier alpha value is -8.16. The Morgan fingerprint density at radius 2 is 1.36 bits per heavy atom. The zero-order valence-corrected chi connectivity index (χ0v) is 33.7. The van der Waals surface area contributed by atoms with Gasteiger partial charge >= 0.3 is 0 Å². The van der Waals surface area contributed by atoms with Gasteiger partial charge in [-0.05, 0) is 48.9 Å². The monoisotopic (exact) mass is 876 g/mol. The molecule has 0 unspecified atom stereocenters. The van der Waals surface area contributed by atoms with Crippen molar-refractivity contribution in [3.05, 3.63) is 166 Å². The second-order valence-corrected chi connectivity index (χ2v) is 14.0. The summed E-state index contributed by atoms with van der Waals surface area (Å²) in [5.74, 6) is -0.864. The number of hydrogen-bond acceptors (Lipinski definition) is 11. The van der Waals surface area contributed by atoms with Crippen LogP contribution >= 0.6 is 0 Å². The van der Waals surface area contributed by atoms with E-state index >= 15 is 0 Å². The fourth-order valence-corrected chi connectivity index (χ4v) is 6.54. The van der Waals surface area contributed by atoms with Crippen LogP contribution in [0.5, 0.6) is 17.4 Å². The number of anilines is 2. The first kappa shape index (κ1) is 42.5. The maximum atomic E-state index is 14.2. The highest BCUT2D eigenvalue weighted by Gasteiger charge is 2.21. The Morgan fingerprint density at radius 3 is 2.05 bits per heavy atom. The van der Waals surface area contributed by atoms with Gasteiger partial charge in [0, 0.05) is 67.9 Å². The Labute approximate surface area is 360 Å². The third-order valence-electron chi connectivity index (χ3n) is 9.48. The molecule has 326 valence electrons. The van der Waals surface area contributed by atoms with Gasteiger partial charge in [0.2, 0.25) is 5.88 Å². The van der Waals surface area contributed by atoms with E-state index in [-0.39, 0.29) is 78.2 Å². The maximum absolute atomic E-state index is 14.2. The number of halogens is 4. The summed E-state index contributed by atoms with van der Waals surface area (Å²) < 4.78 is 77.6. The van der Waals surface area contributed by atoms with Gasteiger partial charge in [-0.2, -0.15) is 0 Å². The molecule has 0 saturated carbocycles. The number of ether oxygens (including phenoxy) is 3. The Morgan fingerprint density at radius 1 is 0.688 bits per heavy atom. The summed E-state index contributed by atoms with van der Waals surface area (Å²) in [6.45, 7) is 2.08. The van der Waals surface area contributed by atoms with Gasteiger partial charge in [-0.1, -0.05) is 18.2 Å². The van der Waals surface area contributed by atoms with Crippen molar-refractivity contribution in [1.29, 1.82) is 0 Å². The molecular weight excluding hydrogens is 841 g/mol. The molecule has 0 spiro atoms. The summed E-state index contributed by atoms with van der Waals surface area (Å²) >= 11 is 0. The second-order valence-electron chi connectivity index (χ2n) is 14.0. The molecule has 0 saturated heterocycles. The number of rotatable bonds is 17. The molecule has 0 aliphatic rings. The predicted molar refractivity (Wildman–Crippen MR) is 223 cm³/mol. The quantitative estimate of drug-likeness (QED) is 0.0873. The van der Waals surface area contributed by atoms with Crippen LogP contribution in [0.2, 0.25) is 0 Å². The van der Waals surface area contributed by atoms with Crippen molar-refractivity contribution in [2.45, 2.75) is 39.3 Å². The summed E-state index contributed by atoms with van der Waals surface area (Å²) in [4.78, 5) is 60.3. The summed E-state index contributed by atoms with van der Waals surface area (Å²) in [7, 11) is 0. The Kier molecular flexibility index (Phi) is 12.5. The average molecular weight is 877 g/mol. The molecule has 2 N–H and O–H groups in total. The van der Waals surface area contributed by atoms with Crippen molar-refractivity contribution >= 4 is 34.5 Å². The fourth-order valence-electron chi connectivity index (χ4n) is 6.54. The van der Waals surface area contributed by atoms with E-state index in [4.69, 9.17) is 14.2 Å². The van der Waals surface area contributed by atoms with Crippen molar-refractivity contribution in [3.63, 3.8) is 0 Å². The largest absolute Gasteiger partial charge is 0.491 e. The van der Waals surface area contributed by atoms with Crippen molar-refractivity contribution in [2.75, 3.05) is 23.8 Å². The number of pyridine rings is 6. The van der Waals surface area contributed by atoms with Gasteiger partial charge in [-0.25, -0.2) is 42.5 Å². The minimum absolute atomic E-state index is 0.00481. The van der Waals surface area contributed by atoms with Gasteiger partial charge in [0.1, 0.15) is 63.6 Å². The van der Waals surface area contributed by atoms with E-state index in [1.165, 1.54) is 41.1 Å². The molecule has 8 heterocycles. The standard InChI is InChI=1S/C44H36F4N10O6/c1-2-62-35-18-37-50-27(20-56-14-6-4-11-40(56)59)21-57(37)23-33(35)55-44(61)32-17-26(16-31(53-32)42(47)48)12-15-63-36-19-38-51-28(25-64-39-10-3-5-13-49-39)22-58(38)24-34(36)54-43(60)30-9-7-8-29(52-30)41(45)46/h3-11,13-14,16-19,21-24,41-42H,2,12,15,20,25H2,1H3,(H,54,60)(H,55,61). The van der Waals surface area contributed by atoms with Crippen LogP contribution in [0.25, 0.3) is 11.3 Å². The highest BCUT2D eigenvalue weighted by atomic mass is 19.3. The van der Waals surface area contributed by atoms with E-state index in [1.54, 1.807) is 83.1 Å². The van der Waals surface area contributed by atoms with E-state index in [0.29, 0.717) is 28.6 Å². The van der Waals surface area contributed by atoms with Crippen molar-refractivity contribution in [1.82, 2.24) is 38.3 Å². The van der Waals surface area contributed by atoms with Crippen LogP contribution in [0, 0.1) is 0 Å². The van der Waals surface area contributed by atoms with Crippen LogP contribution in [0.1, 0.15) is 69.1 Å². The minimum Gasteiger partial charge on any atom is -0.491 e. The first-order valence-corrected chi connectivity index (χ1v) is 19.6. The average Bonchev–Trinajstić information content (AvgIpc) is 3.88. The highest BCUT2D eigenvalue weighted by molar-refractivity contribution is 6.04. The number of nitrogens with zero attached hydrogens (tertiary/aromatic N) is 8. The SMILES string of the molecule is CCOc1cc2nc(Cn3ccccc3=O)cn2cc1NC(=O)c1cc(CCOc2cc3nc(COc4ccccn4)cn3cc2NC(=O)c2cccc(C(F)F)n2)cc(C(F)F)n1. The molecule has 8 aromatic rings. The molecule has 0 fully saturated rings. The van der Waals surface area contributed by atoms with Crippen LogP contribution in [0.15, 0.2) is 121 Å². The summed E-state index contributed by atoms with van der Waals surface area (Å²) in [6.07, 6.45) is 3.69. The highest BCUT2D eigenvalue weighted by Crippen LogP contribution is 2.30. The normalized spacial score (nSPS) is 11.4. The van der Waals surface area contributed by atoms with Crippen LogP contribution in [-0.4, -0.2) is 63.3 Å². The first-order chi connectivity index (χ1) is 31.0. The molecule has 20 heteroatoms. The molecule has 8 rings (SSSR count). The van der Waals surface area contributed by atoms with Crippen molar-refractivity contribution in [2.24, 2.45) is 0 Å². The number of imidazole rings is 2. The van der Waals surface area contributed by atoms with Gasteiger partial charge < -0.3 is 38.2 Å². The van der Waals surface area contributed by atoms with Gasteiger partial charge in [0.05, 0.1) is 31.1 Å². The topological polar surface area (TPSA) is 181 Å². The number of nitrogens with one attached hydrogen (secondary N) is 2. The molecule has 8 aromatic heterocycles. The van der Waals surface area contributed by atoms with Crippen LogP contribution in [0.3, 0.4) is 0 Å². The van der Waals surface area contributed by atoms with Crippen molar-refractivity contribution < 1.29 is 41.4 Å². The zero-order chi connectivity index (χ0) is 44.7. The lowest BCUT2D eigenvalue weighted by Crippen LogP contribution is -2.18. The zero-order valence-electron chi connectivity index (χ0n) is 33.7. The van der Waals surface area contributed by atoms with E-state index in [9.17, 15) is 31.9 Å². The smallest absolute Gasteiger partial charge is 0.280 e. The van der Waals surface area contributed by atoms with Gasteiger partial charge in [-0.15, -0.1) is 0 Å².